The Bertz CT molecular complexity index is 1100. The van der Waals surface area contributed by atoms with E-state index in [4.69, 9.17) is 0 Å². The Labute approximate surface area is 230 Å². The zero-order valence-electron chi connectivity index (χ0n) is 19.4. The van der Waals surface area contributed by atoms with E-state index in [1.165, 1.54) is 0 Å². The van der Waals surface area contributed by atoms with Gasteiger partial charge in [0.1, 0.15) is 0 Å². The third kappa shape index (κ3) is 4.90. The lowest BCUT2D eigenvalue weighted by Crippen LogP contribution is -2.80. The van der Waals surface area contributed by atoms with Gasteiger partial charge in [0.2, 0.25) is 0 Å². The first-order chi connectivity index (χ1) is 19.7. The standard InChI is InChI=1S/C14F24N2O6/c15-3(16,5(19,20)39-7(23,24)11(31,32)45-12(33,34)8(39,25)26)1(41)43-44-2(42)4(17,18)6(21,22)40-9(27,28)13(35,36)46-14(37,38)10(40,29)30. The van der Waals surface area contributed by atoms with Crippen molar-refractivity contribution in [2.75, 3.05) is 0 Å². The summed E-state index contributed by atoms with van der Waals surface area (Å²) in [5.41, 5.74) is 0. The number of carbonyl (C=O) groups is 2. The molecule has 0 amide bonds. The van der Waals surface area contributed by atoms with Gasteiger partial charge in [0.25, 0.3) is 0 Å². The van der Waals surface area contributed by atoms with Gasteiger partial charge in [0.05, 0.1) is 0 Å². The highest BCUT2D eigenvalue weighted by atomic mass is 19.4. The van der Waals surface area contributed by atoms with E-state index < -0.39 is 94.3 Å². The van der Waals surface area contributed by atoms with Gasteiger partial charge in [-0.1, -0.05) is 9.80 Å². The summed E-state index contributed by atoms with van der Waals surface area (Å²) in [5, 5.41) is 0. The minimum atomic E-state index is -8.25. The van der Waals surface area contributed by atoms with Crippen LogP contribution >= 0.6 is 0 Å². The molecule has 2 heterocycles. The van der Waals surface area contributed by atoms with Crippen molar-refractivity contribution in [1.29, 1.82) is 0 Å². The van der Waals surface area contributed by atoms with E-state index in [1.54, 1.807) is 9.47 Å². The van der Waals surface area contributed by atoms with Crippen LogP contribution in [-0.4, -0.2) is 94.3 Å². The molecule has 270 valence electrons. The van der Waals surface area contributed by atoms with Crippen molar-refractivity contribution in [2.24, 2.45) is 0 Å². The number of halogens is 24. The molecule has 0 aromatic rings. The van der Waals surface area contributed by atoms with E-state index in [9.17, 15) is 115 Å². The summed E-state index contributed by atoms with van der Waals surface area (Å²) in [6.07, 6.45) is -29.3. The van der Waals surface area contributed by atoms with Crippen molar-refractivity contribution >= 4 is 11.9 Å². The van der Waals surface area contributed by atoms with Crippen molar-refractivity contribution in [1.82, 2.24) is 9.80 Å². The minimum Gasteiger partial charge on any atom is -0.243 e. The normalized spacial score (nSPS) is 27.0. The predicted octanol–water partition coefficient (Wildman–Crippen LogP) is 5.85. The Balaban J connectivity index is 2.48. The molecule has 0 aromatic carbocycles. The van der Waals surface area contributed by atoms with Gasteiger partial charge in [0.15, 0.2) is 0 Å². The van der Waals surface area contributed by atoms with Crippen LogP contribution in [0.5, 0.6) is 0 Å². The zero-order chi connectivity index (χ0) is 37.1. The average molecular weight is 748 g/mol. The van der Waals surface area contributed by atoms with Crippen molar-refractivity contribution in [2.45, 2.75) is 72.6 Å². The molecule has 32 heteroatoms. The van der Waals surface area contributed by atoms with Crippen LogP contribution in [0.15, 0.2) is 0 Å². The Morgan fingerprint density at radius 3 is 0.761 bits per heavy atom. The first-order valence-corrected chi connectivity index (χ1v) is 9.68. The van der Waals surface area contributed by atoms with Gasteiger partial charge < -0.3 is 0 Å². The Morgan fingerprint density at radius 1 is 0.413 bits per heavy atom. The van der Waals surface area contributed by atoms with Crippen LogP contribution in [0.1, 0.15) is 0 Å². The summed E-state index contributed by atoms with van der Waals surface area (Å²) < 4.78 is 328. The van der Waals surface area contributed by atoms with Gasteiger partial charge in [0, 0.05) is 0 Å². The van der Waals surface area contributed by atoms with Crippen LogP contribution in [-0.2, 0) is 28.8 Å². The lowest BCUT2D eigenvalue weighted by Gasteiger charge is -2.50. The molecule has 0 bridgehead atoms. The molecule has 0 unspecified atom stereocenters. The molecule has 2 aliphatic rings. The summed E-state index contributed by atoms with van der Waals surface area (Å²) in [4.78, 5) is 17.3. The van der Waals surface area contributed by atoms with E-state index >= 15 is 0 Å². The number of hydrogen-bond donors (Lipinski definition) is 0. The molecule has 0 spiro atoms. The van der Waals surface area contributed by atoms with Gasteiger partial charge in [-0.15, -0.1) is 0 Å². The maximum absolute atomic E-state index is 14.0. The highest BCUT2D eigenvalue weighted by molar-refractivity contribution is 5.82. The summed E-state index contributed by atoms with van der Waals surface area (Å²) in [5.74, 6) is -25.8. The molecule has 2 aliphatic heterocycles. The third-order valence-corrected chi connectivity index (χ3v) is 5.06. The number of nitrogens with zero attached hydrogens (tertiary/aromatic N) is 2. The Hall–Kier alpha value is -2.90. The molecule has 0 radical (unpaired) electrons. The summed E-state index contributed by atoms with van der Waals surface area (Å²) in [6, 6.07) is -47.5. The molecule has 0 aliphatic carbocycles. The van der Waals surface area contributed by atoms with Gasteiger partial charge in [-0.05, 0) is 0 Å². The van der Waals surface area contributed by atoms with Crippen LogP contribution in [0.3, 0.4) is 0 Å². The van der Waals surface area contributed by atoms with Gasteiger partial charge in [-0.25, -0.2) is 28.8 Å². The molecule has 0 atom stereocenters. The molecule has 46 heavy (non-hydrogen) atoms. The van der Waals surface area contributed by atoms with Gasteiger partial charge in [-0.3, -0.25) is 0 Å². The van der Waals surface area contributed by atoms with E-state index in [-0.39, 0.29) is 0 Å². The van der Waals surface area contributed by atoms with Crippen LogP contribution in [0.2, 0.25) is 0 Å². The second-order valence-corrected chi connectivity index (χ2v) is 8.08. The summed E-state index contributed by atoms with van der Waals surface area (Å²) in [7, 11) is 0. The maximum Gasteiger partial charge on any atom is 0.439 e. The molecule has 2 fully saturated rings. The molecular formula is C14F24N2O6. The predicted molar refractivity (Wildman–Crippen MR) is 77.4 cm³/mol. The second-order valence-electron chi connectivity index (χ2n) is 8.08. The molecule has 0 N–H and O–H groups in total. The maximum atomic E-state index is 14.0. The number of morpholine rings is 2. The van der Waals surface area contributed by atoms with Crippen LogP contribution in [0.4, 0.5) is 105 Å². The molecule has 0 aromatic heterocycles. The molecule has 8 nitrogen and oxygen atoms in total. The minimum absolute atomic E-state index is 1.60. The fourth-order valence-corrected chi connectivity index (χ4v) is 2.85. The van der Waals surface area contributed by atoms with Crippen molar-refractivity contribution in [3.05, 3.63) is 0 Å². The van der Waals surface area contributed by atoms with E-state index in [2.05, 4.69) is 0 Å². The topological polar surface area (TPSA) is 77.5 Å². The monoisotopic (exact) mass is 748 g/mol. The van der Waals surface area contributed by atoms with E-state index in [1.807, 2.05) is 9.78 Å². The fraction of sp³-hybridized carbons (Fsp3) is 0.857. The Morgan fingerprint density at radius 2 is 0.587 bits per heavy atom. The van der Waals surface area contributed by atoms with Crippen molar-refractivity contribution in [3.63, 3.8) is 0 Å². The number of carbonyl (C=O) groups excluding carboxylic acids is 2. The highest BCUT2D eigenvalue weighted by Gasteiger charge is 2.92. The van der Waals surface area contributed by atoms with Crippen LogP contribution in [0.25, 0.3) is 0 Å². The second kappa shape index (κ2) is 9.82. The SMILES string of the molecule is O=C(OOC(=O)C(F)(F)C(F)(F)N1C(F)(F)C(F)(F)OC(F)(F)C1(F)F)C(F)(F)C(F)(F)N1C(F)(F)C(F)(F)OC(F)(F)C1(F)F. The molecule has 0 saturated carbocycles. The molecule has 2 saturated heterocycles. The van der Waals surface area contributed by atoms with E-state index in [0.717, 1.165) is 0 Å². The summed E-state index contributed by atoms with van der Waals surface area (Å²) >= 11 is 0. The smallest absolute Gasteiger partial charge is 0.243 e. The lowest BCUT2D eigenvalue weighted by atomic mass is 10.1. The number of hydrogen-bond acceptors (Lipinski definition) is 8. The summed E-state index contributed by atoms with van der Waals surface area (Å²) in [6.45, 7) is 0. The molecule has 2 rings (SSSR count). The van der Waals surface area contributed by atoms with Crippen molar-refractivity contribution < 1.29 is 134 Å². The highest BCUT2D eigenvalue weighted by Crippen LogP contribution is 2.62. The quantitative estimate of drug-likeness (QED) is 0.145. The van der Waals surface area contributed by atoms with Crippen LogP contribution in [0, 0.1) is 0 Å². The first kappa shape index (κ1) is 39.3. The largest absolute Gasteiger partial charge is 0.439 e. The third-order valence-electron chi connectivity index (χ3n) is 5.06. The zero-order valence-corrected chi connectivity index (χ0v) is 19.4. The van der Waals surface area contributed by atoms with Crippen LogP contribution < -0.4 is 0 Å². The van der Waals surface area contributed by atoms with Gasteiger partial charge in [-0.2, -0.15) is 105 Å². The van der Waals surface area contributed by atoms with Gasteiger partial charge >= 0.3 is 84.5 Å². The van der Waals surface area contributed by atoms with Crippen molar-refractivity contribution in [3.8, 4) is 0 Å². The first-order valence-electron chi connectivity index (χ1n) is 9.68. The van der Waals surface area contributed by atoms with E-state index in [0.29, 0.717) is 0 Å². The molecular weight excluding hydrogens is 748 g/mol. The Kier molecular flexibility index (Phi) is 8.39. The number of ether oxygens (including phenoxy) is 2. The number of rotatable bonds is 6. The number of alkyl halides is 24. The average Bonchev–Trinajstić information content (AvgIpc) is 2.77. The fourth-order valence-electron chi connectivity index (χ4n) is 2.85. The lowest BCUT2D eigenvalue weighted by molar-refractivity contribution is -0.592.